The van der Waals surface area contributed by atoms with Crippen LogP contribution in [-0.4, -0.2) is 27.8 Å². The highest BCUT2D eigenvalue weighted by atomic mass is 33.1. The molecule has 0 atom stereocenters. The lowest BCUT2D eigenvalue weighted by Crippen LogP contribution is -2.40. The summed E-state index contributed by atoms with van der Waals surface area (Å²) in [5, 5.41) is 9.12. The Kier molecular flexibility index (Phi) is 6.26. The average molecular weight is 273 g/mol. The Morgan fingerprint density at radius 2 is 2.18 bits per heavy atom. The van der Waals surface area contributed by atoms with Crippen LogP contribution in [0.3, 0.4) is 0 Å². The molecule has 0 saturated carbocycles. The lowest BCUT2D eigenvalue weighted by molar-refractivity contribution is -0.121. The summed E-state index contributed by atoms with van der Waals surface area (Å²) in [6.07, 6.45) is 0.658. The number of pyridine rings is 1. The maximum Gasteiger partial charge on any atom is 0.423 e. The van der Waals surface area contributed by atoms with Crippen molar-refractivity contribution in [2.24, 2.45) is 0 Å². The Morgan fingerprint density at radius 1 is 1.35 bits per heavy atom. The molecule has 0 aromatic carbocycles. The number of nitrogens with zero attached hydrogens (tertiary/aromatic N) is 1. The smallest absolute Gasteiger partial charge is 0.423 e. The monoisotopic (exact) mass is 273 g/mol. The van der Waals surface area contributed by atoms with Gasteiger partial charge in [-0.25, -0.2) is 15.2 Å². The van der Waals surface area contributed by atoms with Gasteiger partial charge in [-0.15, -0.1) is 0 Å². The van der Waals surface area contributed by atoms with E-state index >= 15 is 0 Å². The van der Waals surface area contributed by atoms with Crippen molar-refractivity contribution in [3.05, 3.63) is 24.4 Å². The fourth-order valence-corrected chi connectivity index (χ4v) is 2.69. The molecule has 0 spiro atoms. The molecule has 3 N–H and O–H groups in total. The Balaban J connectivity index is 2.08. The molecule has 0 radical (unpaired) electrons. The number of aromatic nitrogens is 1. The maximum absolute atomic E-state index is 11.1. The van der Waals surface area contributed by atoms with Crippen LogP contribution >= 0.6 is 21.6 Å². The molecular weight excluding hydrogens is 262 g/mol. The number of carbonyl (C=O) groups excluding carboxylic acids is 1. The van der Waals surface area contributed by atoms with Gasteiger partial charge in [-0.05, 0) is 22.9 Å². The van der Waals surface area contributed by atoms with E-state index in [2.05, 4.69) is 10.4 Å². The quantitative estimate of drug-likeness (QED) is 0.428. The van der Waals surface area contributed by atoms with E-state index in [-0.39, 0.29) is 12.3 Å². The Hall–Kier alpha value is -1.41. The molecule has 2 amide bonds. The molecule has 1 aromatic heterocycles. The van der Waals surface area contributed by atoms with Crippen LogP contribution in [-0.2, 0) is 4.79 Å². The van der Waals surface area contributed by atoms with Crippen LogP contribution in [0.25, 0.3) is 0 Å². The molecule has 0 aliphatic carbocycles. The van der Waals surface area contributed by atoms with Gasteiger partial charge >= 0.3 is 6.09 Å². The number of amides is 2. The Labute approximate surface area is 106 Å². The zero-order chi connectivity index (χ0) is 12.5. The van der Waals surface area contributed by atoms with Crippen molar-refractivity contribution in [1.82, 2.24) is 15.8 Å². The first-order valence-corrected chi connectivity index (χ1v) is 6.98. The summed E-state index contributed by atoms with van der Waals surface area (Å²) in [4.78, 5) is 25.3. The Morgan fingerprint density at radius 3 is 2.82 bits per heavy atom. The molecule has 8 heteroatoms. The Bertz CT molecular complexity index is 375. The fourth-order valence-electron chi connectivity index (χ4n) is 0.818. The molecule has 0 saturated heterocycles. The van der Waals surface area contributed by atoms with Crippen LogP contribution in [0.5, 0.6) is 0 Å². The van der Waals surface area contributed by atoms with E-state index in [1.807, 2.05) is 18.2 Å². The number of hydrogen-bond donors (Lipinski definition) is 3. The number of hydrogen-bond acceptors (Lipinski definition) is 5. The highest BCUT2D eigenvalue weighted by Gasteiger charge is 2.03. The van der Waals surface area contributed by atoms with Crippen molar-refractivity contribution in [3.63, 3.8) is 0 Å². The van der Waals surface area contributed by atoms with Crippen LogP contribution in [0.1, 0.15) is 6.42 Å². The van der Waals surface area contributed by atoms with Gasteiger partial charge in [0.15, 0.2) is 0 Å². The molecule has 1 rings (SSSR count). The van der Waals surface area contributed by atoms with Crippen LogP contribution < -0.4 is 10.9 Å². The number of carbonyl (C=O) groups is 2. The minimum Gasteiger partial charge on any atom is -0.464 e. The number of rotatable bonds is 5. The van der Waals surface area contributed by atoms with Gasteiger partial charge in [-0.2, -0.15) is 0 Å². The molecule has 0 fully saturated rings. The molecule has 6 nitrogen and oxygen atoms in total. The summed E-state index contributed by atoms with van der Waals surface area (Å²) >= 11 is 0. The highest BCUT2D eigenvalue weighted by Crippen LogP contribution is 2.29. The fraction of sp³-hybridized carbons (Fsp3) is 0.222. The summed E-state index contributed by atoms with van der Waals surface area (Å²) < 4.78 is 0. The van der Waals surface area contributed by atoms with Gasteiger partial charge < -0.3 is 5.11 Å². The molecule has 0 unspecified atom stereocenters. The second-order valence-electron chi connectivity index (χ2n) is 2.80. The predicted octanol–water partition coefficient (Wildman–Crippen LogP) is 1.51. The van der Waals surface area contributed by atoms with E-state index < -0.39 is 6.09 Å². The van der Waals surface area contributed by atoms with Crippen molar-refractivity contribution < 1.29 is 14.7 Å². The predicted molar refractivity (Wildman–Crippen MR) is 66.5 cm³/mol. The number of carboxylic acid groups (broad SMARTS) is 1. The molecule has 0 bridgehead atoms. The highest BCUT2D eigenvalue weighted by molar-refractivity contribution is 8.76. The molecule has 92 valence electrons. The SMILES string of the molecule is O=C(O)NNC(=O)CCSSc1ccccn1. The van der Waals surface area contributed by atoms with Gasteiger partial charge in [0.25, 0.3) is 0 Å². The van der Waals surface area contributed by atoms with Gasteiger partial charge in [-0.3, -0.25) is 10.2 Å². The lowest BCUT2D eigenvalue weighted by Gasteiger charge is -2.03. The normalized spacial score (nSPS) is 9.65. The summed E-state index contributed by atoms with van der Waals surface area (Å²) in [7, 11) is 2.96. The van der Waals surface area contributed by atoms with Crippen molar-refractivity contribution in [2.75, 3.05) is 5.75 Å². The summed E-state index contributed by atoms with van der Waals surface area (Å²) in [5.74, 6) is 0.218. The maximum atomic E-state index is 11.1. The summed E-state index contributed by atoms with van der Waals surface area (Å²) in [6, 6.07) is 5.60. The topological polar surface area (TPSA) is 91.3 Å². The standard InChI is InChI=1S/C9H11N3O3S2/c13-7(11-12-9(14)15)4-6-16-17-8-3-1-2-5-10-8/h1-3,5,12H,4,6H2,(H,11,13)(H,14,15). The van der Waals surface area contributed by atoms with Gasteiger partial charge in [0.2, 0.25) is 5.91 Å². The molecule has 0 aliphatic rings. The van der Waals surface area contributed by atoms with Crippen LogP contribution in [0.15, 0.2) is 29.4 Å². The number of hydrazine groups is 1. The van der Waals surface area contributed by atoms with Gasteiger partial charge in [0.1, 0.15) is 5.03 Å². The van der Waals surface area contributed by atoms with Crippen LogP contribution in [0.4, 0.5) is 4.79 Å². The summed E-state index contributed by atoms with van der Waals surface area (Å²) in [5.41, 5.74) is 3.85. The van der Waals surface area contributed by atoms with E-state index in [4.69, 9.17) is 5.11 Å². The minimum atomic E-state index is -1.28. The third-order valence-electron chi connectivity index (χ3n) is 1.50. The lowest BCUT2D eigenvalue weighted by atomic mass is 10.5. The third-order valence-corrected chi connectivity index (χ3v) is 3.77. The minimum absolute atomic E-state index is 0.241. The molecule has 1 aromatic rings. The van der Waals surface area contributed by atoms with Crippen LogP contribution in [0, 0.1) is 0 Å². The van der Waals surface area contributed by atoms with E-state index in [1.54, 1.807) is 11.6 Å². The number of nitrogens with one attached hydrogen (secondary N) is 2. The van der Waals surface area contributed by atoms with E-state index in [9.17, 15) is 9.59 Å². The molecule has 1 heterocycles. The zero-order valence-corrected chi connectivity index (χ0v) is 10.4. The zero-order valence-electron chi connectivity index (χ0n) is 8.75. The second kappa shape index (κ2) is 7.80. The first kappa shape index (κ1) is 13.7. The molecular formula is C9H11N3O3S2. The van der Waals surface area contributed by atoms with E-state index in [1.165, 1.54) is 21.6 Å². The van der Waals surface area contributed by atoms with Crippen molar-refractivity contribution >= 4 is 33.6 Å². The average Bonchev–Trinajstić information content (AvgIpc) is 2.33. The van der Waals surface area contributed by atoms with Gasteiger partial charge in [0.05, 0.1) is 0 Å². The summed E-state index contributed by atoms with van der Waals surface area (Å²) in [6.45, 7) is 0. The largest absolute Gasteiger partial charge is 0.464 e. The first-order valence-electron chi connectivity index (χ1n) is 4.67. The van der Waals surface area contributed by atoms with E-state index in [0.29, 0.717) is 5.75 Å². The second-order valence-corrected chi connectivity index (χ2v) is 5.24. The van der Waals surface area contributed by atoms with Crippen molar-refractivity contribution in [2.45, 2.75) is 11.4 Å². The van der Waals surface area contributed by atoms with Crippen molar-refractivity contribution in [1.29, 1.82) is 0 Å². The molecule has 17 heavy (non-hydrogen) atoms. The first-order chi connectivity index (χ1) is 8.18. The van der Waals surface area contributed by atoms with Gasteiger partial charge in [0, 0.05) is 18.4 Å². The van der Waals surface area contributed by atoms with Gasteiger partial charge in [-0.1, -0.05) is 16.9 Å². The van der Waals surface area contributed by atoms with Crippen LogP contribution in [0.2, 0.25) is 0 Å². The molecule has 0 aliphatic heterocycles. The van der Waals surface area contributed by atoms with E-state index in [0.717, 1.165) is 5.03 Å². The van der Waals surface area contributed by atoms with Crippen molar-refractivity contribution in [3.8, 4) is 0 Å². The third kappa shape index (κ3) is 6.69.